The molecule has 2 aromatic carbocycles. The molecule has 0 heterocycles. The number of halogens is 2. The maximum atomic E-state index is 12.7. The van der Waals surface area contributed by atoms with Gasteiger partial charge >= 0.3 is 0 Å². The summed E-state index contributed by atoms with van der Waals surface area (Å²) in [6, 6.07) is 11.3. The Morgan fingerprint density at radius 2 is 1.78 bits per heavy atom. The van der Waals surface area contributed by atoms with Crippen molar-refractivity contribution in [3.63, 3.8) is 0 Å². The van der Waals surface area contributed by atoms with Gasteiger partial charge < -0.3 is 0 Å². The SMILES string of the molecule is Cc1ccc(/C=C(\C#N)S(=O)(=O)c2cc(Cl)ccc2Cl)cc1C. The fourth-order valence-corrected chi connectivity index (χ4v) is 3.89. The zero-order chi connectivity index (χ0) is 17.2. The van der Waals surface area contributed by atoms with Crippen LogP contribution in [0.1, 0.15) is 16.7 Å². The first-order valence-corrected chi connectivity index (χ1v) is 8.89. The van der Waals surface area contributed by atoms with E-state index in [1.165, 1.54) is 24.3 Å². The van der Waals surface area contributed by atoms with Crippen LogP contribution >= 0.6 is 23.2 Å². The summed E-state index contributed by atoms with van der Waals surface area (Å²) in [5.41, 5.74) is 2.72. The van der Waals surface area contributed by atoms with Crippen molar-refractivity contribution in [2.24, 2.45) is 0 Å². The summed E-state index contributed by atoms with van der Waals surface area (Å²) in [5.74, 6) is 0. The third-order valence-electron chi connectivity index (χ3n) is 3.41. The minimum atomic E-state index is -4.04. The van der Waals surface area contributed by atoms with E-state index in [0.717, 1.165) is 11.1 Å². The van der Waals surface area contributed by atoms with E-state index in [1.54, 1.807) is 12.1 Å². The monoisotopic (exact) mass is 365 g/mol. The topological polar surface area (TPSA) is 57.9 Å². The smallest absolute Gasteiger partial charge is 0.218 e. The summed E-state index contributed by atoms with van der Waals surface area (Å²) in [6.45, 7) is 3.87. The molecule has 0 atom stereocenters. The minimum absolute atomic E-state index is 0.0237. The molecule has 3 nitrogen and oxygen atoms in total. The first-order chi connectivity index (χ1) is 10.8. The van der Waals surface area contributed by atoms with Gasteiger partial charge in [-0.3, -0.25) is 0 Å². The predicted molar refractivity (Wildman–Crippen MR) is 93.2 cm³/mol. The largest absolute Gasteiger partial charge is 0.218 e. The second-order valence-corrected chi connectivity index (χ2v) is 7.77. The maximum Gasteiger partial charge on any atom is 0.218 e. The average molecular weight is 366 g/mol. The van der Waals surface area contributed by atoms with Gasteiger partial charge in [0, 0.05) is 5.02 Å². The van der Waals surface area contributed by atoms with Crippen molar-refractivity contribution in [3.8, 4) is 6.07 Å². The Labute approximate surface area is 145 Å². The van der Waals surface area contributed by atoms with Crippen molar-refractivity contribution in [2.75, 3.05) is 0 Å². The molecule has 0 aromatic heterocycles. The quantitative estimate of drug-likeness (QED) is 0.723. The predicted octanol–water partition coefficient (Wildman–Crippen LogP) is 4.95. The van der Waals surface area contributed by atoms with Gasteiger partial charge in [0.25, 0.3) is 0 Å². The second kappa shape index (κ2) is 6.76. The van der Waals surface area contributed by atoms with Gasteiger partial charge in [-0.1, -0.05) is 41.4 Å². The third-order valence-corrected chi connectivity index (χ3v) is 5.79. The van der Waals surface area contributed by atoms with Gasteiger partial charge in [-0.2, -0.15) is 5.26 Å². The van der Waals surface area contributed by atoms with Gasteiger partial charge in [-0.05, 0) is 54.8 Å². The molecule has 0 spiro atoms. The van der Waals surface area contributed by atoms with E-state index in [4.69, 9.17) is 23.2 Å². The lowest BCUT2D eigenvalue weighted by atomic mass is 10.1. The normalized spacial score (nSPS) is 12.0. The molecule has 0 N–H and O–H groups in total. The summed E-state index contributed by atoms with van der Waals surface area (Å²) >= 11 is 11.8. The standard InChI is InChI=1S/C17H13Cl2NO2S/c1-11-3-4-13(7-12(11)2)8-15(10-20)23(21,22)17-9-14(18)5-6-16(17)19/h3-9H,1-2H3/b15-8+. The van der Waals surface area contributed by atoms with Crippen molar-refractivity contribution in [1.29, 1.82) is 5.26 Å². The maximum absolute atomic E-state index is 12.7. The van der Waals surface area contributed by atoms with Crippen LogP contribution in [0.2, 0.25) is 10.0 Å². The van der Waals surface area contributed by atoms with E-state index >= 15 is 0 Å². The van der Waals surface area contributed by atoms with E-state index in [-0.39, 0.29) is 19.8 Å². The highest BCUT2D eigenvalue weighted by Gasteiger charge is 2.24. The van der Waals surface area contributed by atoms with Gasteiger partial charge in [0.1, 0.15) is 11.0 Å². The summed E-state index contributed by atoms with van der Waals surface area (Å²) in [5, 5.41) is 9.55. The number of hydrogen-bond donors (Lipinski definition) is 0. The van der Waals surface area contributed by atoms with Crippen molar-refractivity contribution < 1.29 is 8.42 Å². The van der Waals surface area contributed by atoms with E-state index in [1.807, 2.05) is 26.0 Å². The molecular formula is C17H13Cl2NO2S. The first-order valence-electron chi connectivity index (χ1n) is 6.65. The van der Waals surface area contributed by atoms with Crippen molar-refractivity contribution in [3.05, 3.63) is 68.0 Å². The molecule has 2 rings (SSSR count). The van der Waals surface area contributed by atoms with Crippen LogP contribution in [-0.2, 0) is 9.84 Å². The fraction of sp³-hybridized carbons (Fsp3) is 0.118. The van der Waals surface area contributed by atoms with Crippen molar-refractivity contribution in [1.82, 2.24) is 0 Å². The Morgan fingerprint density at radius 1 is 1.09 bits per heavy atom. The summed E-state index contributed by atoms with van der Waals surface area (Å²) in [4.78, 5) is -0.562. The lowest BCUT2D eigenvalue weighted by Gasteiger charge is -2.07. The number of allylic oxidation sites excluding steroid dienone is 1. The molecule has 118 valence electrons. The molecule has 0 saturated carbocycles. The molecule has 0 radical (unpaired) electrons. The van der Waals surface area contributed by atoms with Crippen LogP contribution in [-0.4, -0.2) is 8.42 Å². The molecule has 0 bridgehead atoms. The second-order valence-electron chi connectivity index (χ2n) is 5.04. The molecule has 0 unspecified atom stereocenters. The summed E-state index contributed by atoms with van der Waals surface area (Å²) in [6.07, 6.45) is 1.33. The highest BCUT2D eigenvalue weighted by Crippen LogP contribution is 2.30. The first kappa shape index (κ1) is 17.6. The van der Waals surface area contributed by atoms with Gasteiger partial charge in [0.15, 0.2) is 0 Å². The molecule has 0 aliphatic carbocycles. The molecule has 6 heteroatoms. The summed E-state index contributed by atoms with van der Waals surface area (Å²) in [7, 11) is -4.04. The highest BCUT2D eigenvalue weighted by molar-refractivity contribution is 7.95. The number of nitriles is 1. The number of aryl methyl sites for hydroxylation is 2. The molecule has 0 aliphatic heterocycles. The lowest BCUT2D eigenvalue weighted by molar-refractivity contribution is 0.603. The van der Waals surface area contributed by atoms with Crippen LogP contribution in [0.3, 0.4) is 0 Å². The minimum Gasteiger partial charge on any atom is -0.218 e. The molecule has 2 aromatic rings. The van der Waals surface area contributed by atoms with Crippen LogP contribution in [0, 0.1) is 25.2 Å². The van der Waals surface area contributed by atoms with Gasteiger partial charge in [-0.15, -0.1) is 0 Å². The lowest BCUT2D eigenvalue weighted by Crippen LogP contribution is -2.04. The molecule has 0 saturated heterocycles. The van der Waals surface area contributed by atoms with Crippen LogP contribution in [0.5, 0.6) is 0 Å². The van der Waals surface area contributed by atoms with Crippen molar-refractivity contribution in [2.45, 2.75) is 18.7 Å². The molecular weight excluding hydrogens is 353 g/mol. The number of sulfone groups is 1. The summed E-state index contributed by atoms with van der Waals surface area (Å²) < 4.78 is 25.3. The van der Waals surface area contributed by atoms with Crippen molar-refractivity contribution >= 4 is 39.1 Å². The van der Waals surface area contributed by atoms with Gasteiger partial charge in [-0.25, -0.2) is 8.42 Å². The number of hydrogen-bond acceptors (Lipinski definition) is 3. The van der Waals surface area contributed by atoms with Crippen LogP contribution in [0.15, 0.2) is 46.2 Å². The van der Waals surface area contributed by atoms with Crippen LogP contribution in [0.4, 0.5) is 0 Å². The molecule has 23 heavy (non-hydrogen) atoms. The van der Waals surface area contributed by atoms with E-state index in [0.29, 0.717) is 5.56 Å². The molecule has 0 fully saturated rings. The highest BCUT2D eigenvalue weighted by atomic mass is 35.5. The number of benzene rings is 2. The molecule has 0 aliphatic rings. The Kier molecular flexibility index (Phi) is 5.16. The fourth-order valence-electron chi connectivity index (χ4n) is 1.98. The number of nitrogens with zero attached hydrogens (tertiary/aromatic N) is 1. The zero-order valence-electron chi connectivity index (χ0n) is 12.5. The molecule has 0 amide bonds. The number of rotatable bonds is 3. The van der Waals surface area contributed by atoms with E-state index in [2.05, 4.69) is 0 Å². The Morgan fingerprint density at radius 3 is 2.39 bits per heavy atom. The van der Waals surface area contributed by atoms with Crippen LogP contribution < -0.4 is 0 Å². The Bertz CT molecular complexity index is 942. The average Bonchev–Trinajstić information content (AvgIpc) is 2.50. The zero-order valence-corrected chi connectivity index (χ0v) is 14.8. The Hall–Kier alpha value is -1.80. The van der Waals surface area contributed by atoms with Gasteiger partial charge in [0.05, 0.1) is 9.92 Å². The van der Waals surface area contributed by atoms with Crippen LogP contribution in [0.25, 0.3) is 6.08 Å². The Balaban J connectivity index is 2.59. The van der Waals surface area contributed by atoms with Gasteiger partial charge in [0.2, 0.25) is 9.84 Å². The van der Waals surface area contributed by atoms with E-state index < -0.39 is 9.84 Å². The van der Waals surface area contributed by atoms with E-state index in [9.17, 15) is 13.7 Å². The third kappa shape index (κ3) is 3.76.